The molecule has 0 aromatic heterocycles. The van der Waals surface area contributed by atoms with Crippen LogP contribution in [0.5, 0.6) is 0 Å². The van der Waals surface area contributed by atoms with Crippen LogP contribution in [0.1, 0.15) is 64.2 Å². The number of rotatable bonds is 3. The zero-order chi connectivity index (χ0) is 18.8. The zero-order valence-electron chi connectivity index (χ0n) is 16.3. The molecule has 5 aliphatic carbocycles. The van der Waals surface area contributed by atoms with E-state index in [-0.39, 0.29) is 30.4 Å². The van der Waals surface area contributed by atoms with Gasteiger partial charge in [0.15, 0.2) is 0 Å². The first-order chi connectivity index (χ1) is 13.0. The van der Waals surface area contributed by atoms with Crippen molar-refractivity contribution in [2.75, 3.05) is 13.6 Å². The Morgan fingerprint density at radius 1 is 1.00 bits per heavy atom. The van der Waals surface area contributed by atoms with Gasteiger partial charge in [0.2, 0.25) is 5.91 Å². The lowest BCUT2D eigenvalue weighted by atomic mass is 9.54. The third kappa shape index (κ3) is 2.62. The van der Waals surface area contributed by atoms with Crippen LogP contribution in [0.4, 0.5) is 4.79 Å². The number of carbonyl (C=O) groups excluding carboxylic acids is 3. The molecule has 4 amide bonds. The van der Waals surface area contributed by atoms with Crippen molar-refractivity contribution >= 4 is 17.8 Å². The van der Waals surface area contributed by atoms with Crippen LogP contribution < -0.4 is 5.32 Å². The predicted molar refractivity (Wildman–Crippen MR) is 99.7 cm³/mol. The summed E-state index contributed by atoms with van der Waals surface area (Å²) < 4.78 is 0. The lowest BCUT2D eigenvalue weighted by Crippen LogP contribution is -2.57. The molecular weight excluding hydrogens is 342 g/mol. The van der Waals surface area contributed by atoms with Crippen molar-refractivity contribution in [2.45, 2.75) is 75.8 Å². The molecule has 0 aromatic rings. The number of nitrogens with one attached hydrogen (secondary N) is 1. The fourth-order valence-electron chi connectivity index (χ4n) is 7.21. The summed E-state index contributed by atoms with van der Waals surface area (Å²) in [4.78, 5) is 41.4. The van der Waals surface area contributed by atoms with Gasteiger partial charge >= 0.3 is 6.03 Å². The molecule has 1 heterocycles. The Bertz CT molecular complexity index is 642. The zero-order valence-corrected chi connectivity index (χ0v) is 16.3. The summed E-state index contributed by atoms with van der Waals surface area (Å²) in [6.45, 7) is -0.118. The van der Waals surface area contributed by atoms with Crippen LogP contribution >= 0.6 is 0 Å². The van der Waals surface area contributed by atoms with E-state index < -0.39 is 5.54 Å². The number of amides is 4. The van der Waals surface area contributed by atoms with Crippen molar-refractivity contribution in [3.63, 3.8) is 0 Å². The fourth-order valence-corrected chi connectivity index (χ4v) is 7.21. The molecule has 1 spiro atoms. The van der Waals surface area contributed by atoms with Crippen LogP contribution in [0.25, 0.3) is 0 Å². The molecule has 6 aliphatic rings. The van der Waals surface area contributed by atoms with Gasteiger partial charge in [0.25, 0.3) is 5.91 Å². The predicted octanol–water partition coefficient (Wildman–Crippen LogP) is 2.52. The first kappa shape index (κ1) is 17.5. The summed E-state index contributed by atoms with van der Waals surface area (Å²) in [5.41, 5.74) is -0.696. The van der Waals surface area contributed by atoms with E-state index >= 15 is 0 Å². The van der Waals surface area contributed by atoms with Gasteiger partial charge in [-0.15, -0.1) is 0 Å². The number of nitrogens with zero attached hydrogens (tertiary/aromatic N) is 2. The van der Waals surface area contributed by atoms with Crippen molar-refractivity contribution < 1.29 is 14.4 Å². The minimum atomic E-state index is -0.696. The largest absolute Gasteiger partial charge is 0.351 e. The molecule has 27 heavy (non-hydrogen) atoms. The summed E-state index contributed by atoms with van der Waals surface area (Å²) in [5.74, 6) is 2.61. The lowest BCUT2D eigenvalue weighted by molar-refractivity contribution is -0.138. The van der Waals surface area contributed by atoms with Gasteiger partial charge in [-0.3, -0.25) is 14.5 Å². The average molecular weight is 373 g/mol. The van der Waals surface area contributed by atoms with Gasteiger partial charge in [0, 0.05) is 13.1 Å². The smallest absolute Gasteiger partial charge is 0.327 e. The first-order valence-electron chi connectivity index (χ1n) is 10.9. The molecule has 0 atom stereocenters. The average Bonchev–Trinajstić information content (AvgIpc) is 2.81. The van der Waals surface area contributed by atoms with E-state index in [1.165, 1.54) is 37.0 Å². The fraction of sp³-hybridized carbons (Fsp3) is 0.857. The van der Waals surface area contributed by atoms with Crippen molar-refractivity contribution in [3.8, 4) is 0 Å². The molecule has 0 radical (unpaired) electrons. The maximum absolute atomic E-state index is 13.1. The molecule has 1 saturated heterocycles. The van der Waals surface area contributed by atoms with E-state index in [1.807, 2.05) is 0 Å². The van der Waals surface area contributed by atoms with Crippen LogP contribution in [0.2, 0.25) is 0 Å². The van der Waals surface area contributed by atoms with Crippen LogP contribution in [0.3, 0.4) is 0 Å². The van der Waals surface area contributed by atoms with E-state index in [0.717, 1.165) is 43.9 Å². The molecule has 148 valence electrons. The lowest BCUT2D eigenvalue weighted by Gasteiger charge is -2.54. The molecule has 6 nitrogen and oxygen atoms in total. The van der Waals surface area contributed by atoms with Crippen molar-refractivity contribution in [2.24, 2.45) is 23.7 Å². The molecule has 1 aliphatic heterocycles. The SMILES string of the molecule is CN1C(=O)N(CC(=O)NC2C3CC4CC(C3)CC2C4)C(=O)C12CCCCC2. The molecule has 6 rings (SSSR count). The van der Waals surface area contributed by atoms with Gasteiger partial charge in [-0.2, -0.15) is 0 Å². The molecule has 1 N–H and O–H groups in total. The monoisotopic (exact) mass is 373 g/mol. The molecular formula is C21H31N3O3. The third-order valence-electron chi connectivity index (χ3n) is 8.34. The third-order valence-corrected chi connectivity index (χ3v) is 8.34. The van der Waals surface area contributed by atoms with Crippen LogP contribution in [-0.2, 0) is 9.59 Å². The molecule has 5 saturated carbocycles. The summed E-state index contributed by atoms with van der Waals surface area (Å²) in [6.07, 6.45) is 10.9. The van der Waals surface area contributed by atoms with Gasteiger partial charge in [-0.1, -0.05) is 19.3 Å². The minimum Gasteiger partial charge on any atom is -0.351 e. The van der Waals surface area contributed by atoms with E-state index in [4.69, 9.17) is 0 Å². The number of hydrogen-bond acceptors (Lipinski definition) is 3. The van der Waals surface area contributed by atoms with Crippen molar-refractivity contribution in [1.82, 2.24) is 15.1 Å². The summed E-state index contributed by atoms with van der Waals surface area (Å²) in [7, 11) is 1.72. The Morgan fingerprint density at radius 2 is 1.59 bits per heavy atom. The second-order valence-corrected chi connectivity index (χ2v) is 9.85. The van der Waals surface area contributed by atoms with E-state index in [2.05, 4.69) is 5.32 Å². The highest BCUT2D eigenvalue weighted by atomic mass is 16.2. The molecule has 0 aromatic carbocycles. The maximum atomic E-state index is 13.1. The second kappa shape index (κ2) is 6.21. The Labute approximate surface area is 161 Å². The number of likely N-dealkylation sites (N-methyl/N-ethyl adjacent to an activating group) is 1. The van der Waals surface area contributed by atoms with Gasteiger partial charge in [0.05, 0.1) is 0 Å². The number of urea groups is 1. The minimum absolute atomic E-state index is 0.118. The van der Waals surface area contributed by atoms with Crippen molar-refractivity contribution in [3.05, 3.63) is 0 Å². The highest BCUT2D eigenvalue weighted by Gasteiger charge is 2.56. The summed E-state index contributed by atoms with van der Waals surface area (Å²) in [6, 6.07) is -0.0541. The van der Waals surface area contributed by atoms with E-state index in [9.17, 15) is 14.4 Å². The Hall–Kier alpha value is -1.59. The van der Waals surface area contributed by atoms with Gasteiger partial charge in [-0.05, 0) is 68.6 Å². The second-order valence-electron chi connectivity index (χ2n) is 9.85. The topological polar surface area (TPSA) is 69.7 Å². The number of imide groups is 1. The van der Waals surface area contributed by atoms with E-state index in [1.54, 1.807) is 11.9 Å². The first-order valence-corrected chi connectivity index (χ1v) is 10.9. The molecule has 6 heteroatoms. The molecule has 6 fully saturated rings. The van der Waals surface area contributed by atoms with Gasteiger partial charge < -0.3 is 10.2 Å². The molecule has 0 unspecified atom stereocenters. The number of hydrogen-bond donors (Lipinski definition) is 1. The highest BCUT2D eigenvalue weighted by Crippen LogP contribution is 2.53. The van der Waals surface area contributed by atoms with Gasteiger partial charge in [0.1, 0.15) is 12.1 Å². The molecule has 4 bridgehead atoms. The van der Waals surface area contributed by atoms with Gasteiger partial charge in [-0.25, -0.2) is 4.79 Å². The Morgan fingerprint density at radius 3 is 2.19 bits per heavy atom. The van der Waals surface area contributed by atoms with Crippen LogP contribution in [-0.4, -0.2) is 52.8 Å². The van der Waals surface area contributed by atoms with Crippen molar-refractivity contribution in [1.29, 1.82) is 0 Å². The Kier molecular flexibility index (Phi) is 4.03. The number of carbonyl (C=O) groups is 3. The van der Waals surface area contributed by atoms with Crippen LogP contribution in [0, 0.1) is 23.7 Å². The highest BCUT2D eigenvalue weighted by molar-refractivity contribution is 6.08. The van der Waals surface area contributed by atoms with Crippen LogP contribution in [0.15, 0.2) is 0 Å². The summed E-state index contributed by atoms with van der Waals surface area (Å²) >= 11 is 0. The maximum Gasteiger partial charge on any atom is 0.327 e. The standard InChI is InChI=1S/C21H31N3O3/c1-23-20(27)24(19(26)21(23)5-3-2-4-6-21)12-17(25)22-18-15-8-13-7-14(10-15)11-16(18)9-13/h13-16,18H,2-12H2,1H3,(H,22,25). The van der Waals surface area contributed by atoms with E-state index in [0.29, 0.717) is 11.8 Å². The quantitative estimate of drug-likeness (QED) is 0.773. The summed E-state index contributed by atoms with van der Waals surface area (Å²) in [5, 5.41) is 3.23. The Balaban J connectivity index is 1.26. The normalized spacial score (nSPS) is 39.5.